The molecule has 1 aliphatic rings. The zero-order valence-electron chi connectivity index (χ0n) is 14.6. The van der Waals surface area contributed by atoms with Crippen molar-refractivity contribution in [1.82, 2.24) is 10.9 Å². The Morgan fingerprint density at radius 3 is 2.67 bits per heavy atom. The molecule has 1 aliphatic heterocycles. The molecular weight excluding hydrogens is 370 g/mol. The molecule has 8 heteroatoms. The fourth-order valence-electron chi connectivity index (χ4n) is 2.66. The van der Waals surface area contributed by atoms with Crippen molar-refractivity contribution in [2.45, 2.75) is 19.4 Å². The molecule has 1 unspecified atom stereocenters. The molecule has 2 aromatic carbocycles. The molecule has 0 bridgehead atoms. The van der Waals surface area contributed by atoms with Crippen LogP contribution in [0.4, 0.5) is 5.69 Å². The molecule has 2 aromatic rings. The van der Waals surface area contributed by atoms with Crippen molar-refractivity contribution >= 4 is 35.0 Å². The van der Waals surface area contributed by atoms with Crippen LogP contribution in [0.2, 0.25) is 5.02 Å². The number of hydrogen-bond acceptors (Lipinski definition) is 5. The van der Waals surface area contributed by atoms with Gasteiger partial charge in [-0.3, -0.25) is 19.8 Å². The molecule has 0 radical (unpaired) electrons. The Morgan fingerprint density at radius 1 is 1.22 bits per heavy atom. The number of benzene rings is 2. The van der Waals surface area contributed by atoms with Gasteiger partial charge in [-0.25, -0.2) is 10.3 Å². The van der Waals surface area contributed by atoms with Crippen LogP contribution < -0.4 is 20.5 Å². The second-order valence-electron chi connectivity index (χ2n) is 6.10. The number of nitrogens with one attached hydrogen (secondary N) is 2. The highest BCUT2D eigenvalue weighted by molar-refractivity contribution is 6.30. The molecule has 140 valence electrons. The first kappa shape index (κ1) is 18.9. The van der Waals surface area contributed by atoms with E-state index in [0.717, 1.165) is 10.5 Å². The molecule has 3 amide bonds. The van der Waals surface area contributed by atoms with E-state index >= 15 is 0 Å². The zero-order valence-corrected chi connectivity index (χ0v) is 15.3. The van der Waals surface area contributed by atoms with Gasteiger partial charge in [0, 0.05) is 5.02 Å². The molecule has 3 rings (SSSR count). The van der Waals surface area contributed by atoms with Crippen molar-refractivity contribution < 1.29 is 19.1 Å². The first-order valence-corrected chi connectivity index (χ1v) is 8.68. The van der Waals surface area contributed by atoms with Gasteiger partial charge in [0.2, 0.25) is 5.91 Å². The van der Waals surface area contributed by atoms with E-state index in [1.807, 2.05) is 25.1 Å². The highest BCUT2D eigenvalue weighted by atomic mass is 35.5. The largest absolute Gasteiger partial charge is 0.484 e. The number of ether oxygens (including phenoxy) is 1. The third-order valence-electron chi connectivity index (χ3n) is 3.98. The minimum Gasteiger partial charge on any atom is -0.484 e. The first-order valence-electron chi connectivity index (χ1n) is 8.30. The number of anilines is 1. The van der Waals surface area contributed by atoms with Crippen molar-refractivity contribution in [2.75, 3.05) is 11.5 Å². The number of halogens is 1. The first-order chi connectivity index (χ1) is 12.9. The van der Waals surface area contributed by atoms with Crippen molar-refractivity contribution in [3.63, 3.8) is 0 Å². The van der Waals surface area contributed by atoms with Gasteiger partial charge in [-0.1, -0.05) is 23.7 Å². The summed E-state index contributed by atoms with van der Waals surface area (Å²) in [6.07, 6.45) is -0.0551. The summed E-state index contributed by atoms with van der Waals surface area (Å²) in [6.45, 7) is 1.70. The fourth-order valence-corrected chi connectivity index (χ4v) is 2.79. The number of nitrogens with zero attached hydrogens (tertiary/aromatic N) is 1. The average Bonchev–Trinajstić information content (AvgIpc) is 2.93. The van der Waals surface area contributed by atoms with Gasteiger partial charge < -0.3 is 4.74 Å². The van der Waals surface area contributed by atoms with Crippen LogP contribution in [0, 0.1) is 6.92 Å². The lowest BCUT2D eigenvalue weighted by atomic mass is 10.2. The summed E-state index contributed by atoms with van der Waals surface area (Å²) in [4.78, 5) is 37.6. The SMILES string of the molecule is Cc1cccc(OCC(=O)NNC2CC(=O)N(c3ccc(Cl)cc3)C2=O)c1. The maximum Gasteiger partial charge on any atom is 0.272 e. The molecule has 27 heavy (non-hydrogen) atoms. The third-order valence-corrected chi connectivity index (χ3v) is 4.23. The molecule has 1 fully saturated rings. The predicted molar refractivity (Wildman–Crippen MR) is 100 cm³/mol. The monoisotopic (exact) mass is 387 g/mol. The summed E-state index contributed by atoms with van der Waals surface area (Å²) < 4.78 is 5.39. The second-order valence-corrected chi connectivity index (χ2v) is 6.53. The number of carbonyl (C=O) groups excluding carboxylic acids is 3. The van der Waals surface area contributed by atoms with E-state index in [1.165, 1.54) is 0 Å². The smallest absolute Gasteiger partial charge is 0.272 e. The summed E-state index contributed by atoms with van der Waals surface area (Å²) in [5.74, 6) is -0.680. The Hall–Kier alpha value is -2.90. The normalized spacial score (nSPS) is 16.5. The zero-order chi connectivity index (χ0) is 19.4. The van der Waals surface area contributed by atoms with Gasteiger partial charge in [0.1, 0.15) is 11.8 Å². The molecule has 7 nitrogen and oxygen atoms in total. The number of aryl methyl sites for hydroxylation is 1. The van der Waals surface area contributed by atoms with Crippen LogP contribution in [0.3, 0.4) is 0 Å². The lowest BCUT2D eigenvalue weighted by Gasteiger charge is -2.16. The summed E-state index contributed by atoms with van der Waals surface area (Å²) in [7, 11) is 0. The summed E-state index contributed by atoms with van der Waals surface area (Å²) in [6, 6.07) is 12.9. The van der Waals surface area contributed by atoms with Crippen LogP contribution in [0.15, 0.2) is 48.5 Å². The van der Waals surface area contributed by atoms with E-state index in [9.17, 15) is 14.4 Å². The van der Waals surface area contributed by atoms with Crippen molar-refractivity contribution in [3.05, 3.63) is 59.1 Å². The van der Waals surface area contributed by atoms with E-state index in [1.54, 1.807) is 30.3 Å². The third kappa shape index (κ3) is 4.64. The van der Waals surface area contributed by atoms with E-state index in [-0.39, 0.29) is 18.9 Å². The van der Waals surface area contributed by atoms with Crippen LogP contribution in [0.1, 0.15) is 12.0 Å². The van der Waals surface area contributed by atoms with Crippen LogP contribution in [-0.2, 0) is 14.4 Å². The maximum atomic E-state index is 12.5. The topological polar surface area (TPSA) is 87.7 Å². The Bertz CT molecular complexity index is 870. The van der Waals surface area contributed by atoms with Crippen molar-refractivity contribution in [3.8, 4) is 5.75 Å². The number of rotatable bonds is 6. The van der Waals surface area contributed by atoms with Gasteiger partial charge in [0.25, 0.3) is 11.8 Å². The minimum absolute atomic E-state index is 0.0551. The van der Waals surface area contributed by atoms with Crippen molar-refractivity contribution in [1.29, 1.82) is 0 Å². The number of amides is 3. The highest BCUT2D eigenvalue weighted by Crippen LogP contribution is 2.24. The Kier molecular flexibility index (Phi) is 5.73. The molecule has 0 aromatic heterocycles. The van der Waals surface area contributed by atoms with Gasteiger partial charge in [0.05, 0.1) is 12.1 Å². The Balaban J connectivity index is 1.52. The average molecular weight is 388 g/mol. The van der Waals surface area contributed by atoms with E-state index < -0.39 is 17.9 Å². The number of hydrogen-bond donors (Lipinski definition) is 2. The van der Waals surface area contributed by atoms with Gasteiger partial charge in [-0.15, -0.1) is 0 Å². The molecule has 0 spiro atoms. The lowest BCUT2D eigenvalue weighted by Crippen LogP contribution is -2.49. The Labute approximate surface area is 161 Å². The molecule has 0 aliphatic carbocycles. The maximum absolute atomic E-state index is 12.5. The Morgan fingerprint density at radius 2 is 1.96 bits per heavy atom. The lowest BCUT2D eigenvalue weighted by molar-refractivity contribution is -0.125. The number of imide groups is 1. The number of carbonyl (C=O) groups is 3. The molecule has 1 saturated heterocycles. The van der Waals surface area contributed by atoms with Crippen LogP contribution in [-0.4, -0.2) is 30.4 Å². The van der Waals surface area contributed by atoms with Crippen LogP contribution in [0.5, 0.6) is 5.75 Å². The van der Waals surface area contributed by atoms with E-state index in [4.69, 9.17) is 16.3 Å². The van der Waals surface area contributed by atoms with E-state index in [2.05, 4.69) is 10.9 Å². The van der Waals surface area contributed by atoms with Crippen LogP contribution in [0.25, 0.3) is 0 Å². The predicted octanol–water partition coefficient (Wildman–Crippen LogP) is 1.98. The molecular formula is C19H18ClN3O4. The summed E-state index contributed by atoms with van der Waals surface area (Å²) in [5.41, 5.74) is 6.46. The highest BCUT2D eigenvalue weighted by Gasteiger charge is 2.39. The minimum atomic E-state index is -0.837. The standard InChI is InChI=1S/C19H18ClN3O4/c1-12-3-2-4-15(9-12)27-11-17(24)22-21-16-10-18(25)23(19(16)26)14-7-5-13(20)6-8-14/h2-9,16,21H,10-11H2,1H3,(H,22,24). The molecule has 1 heterocycles. The van der Waals surface area contributed by atoms with Gasteiger partial charge in [0.15, 0.2) is 6.61 Å². The summed E-state index contributed by atoms with van der Waals surface area (Å²) >= 11 is 5.83. The molecule has 0 saturated carbocycles. The van der Waals surface area contributed by atoms with Crippen LogP contribution >= 0.6 is 11.6 Å². The van der Waals surface area contributed by atoms with E-state index in [0.29, 0.717) is 16.5 Å². The summed E-state index contributed by atoms with van der Waals surface area (Å²) in [5, 5.41) is 0.508. The number of hydrazine groups is 1. The quantitative estimate of drug-likeness (QED) is 0.584. The second kappa shape index (κ2) is 8.20. The van der Waals surface area contributed by atoms with Crippen molar-refractivity contribution in [2.24, 2.45) is 0 Å². The molecule has 1 atom stereocenters. The van der Waals surface area contributed by atoms with Gasteiger partial charge in [-0.05, 0) is 48.9 Å². The van der Waals surface area contributed by atoms with Gasteiger partial charge in [-0.2, -0.15) is 0 Å². The fraction of sp³-hybridized carbons (Fsp3) is 0.211. The van der Waals surface area contributed by atoms with Gasteiger partial charge >= 0.3 is 0 Å². The molecule has 2 N–H and O–H groups in total.